The second-order valence-electron chi connectivity index (χ2n) is 5.64. The molecule has 0 aromatic heterocycles. The molecule has 0 heterocycles. The summed E-state index contributed by atoms with van der Waals surface area (Å²) in [5.74, 6) is -1.52. The molecule has 2 heteroatoms. The first-order valence-electron chi connectivity index (χ1n) is 7.23. The maximum atomic E-state index is 13.6. The van der Waals surface area contributed by atoms with Crippen LogP contribution in [0.2, 0.25) is 0 Å². The predicted molar refractivity (Wildman–Crippen MR) is 76.7 cm³/mol. The van der Waals surface area contributed by atoms with E-state index in [9.17, 15) is 8.78 Å². The highest BCUT2D eigenvalue weighted by atomic mass is 19.2. The highest BCUT2D eigenvalue weighted by Gasteiger charge is 2.35. The first kappa shape index (κ1) is 13.3. The summed E-state index contributed by atoms with van der Waals surface area (Å²) in [5.41, 5.74) is 1.96. The van der Waals surface area contributed by atoms with Crippen molar-refractivity contribution >= 4 is 0 Å². The van der Waals surface area contributed by atoms with Crippen LogP contribution in [0.5, 0.6) is 0 Å². The Bertz CT molecular complexity index is 584. The third-order valence-electron chi connectivity index (χ3n) is 4.51. The number of rotatable bonds is 2. The highest BCUT2D eigenvalue weighted by Crippen LogP contribution is 2.44. The van der Waals surface area contributed by atoms with Crippen molar-refractivity contribution in [3.05, 3.63) is 71.3 Å². The second-order valence-corrected chi connectivity index (χ2v) is 5.64. The van der Waals surface area contributed by atoms with Gasteiger partial charge in [0.25, 0.3) is 0 Å². The van der Waals surface area contributed by atoms with Crippen LogP contribution in [0.25, 0.3) is 0 Å². The lowest BCUT2D eigenvalue weighted by molar-refractivity contribution is 0.344. The first-order chi connectivity index (χ1) is 9.72. The molecule has 0 amide bonds. The molecule has 0 unspecified atom stereocenters. The first-order valence-corrected chi connectivity index (χ1v) is 7.23. The Kier molecular flexibility index (Phi) is 3.56. The Morgan fingerprint density at radius 1 is 0.700 bits per heavy atom. The van der Waals surface area contributed by atoms with Crippen molar-refractivity contribution in [1.82, 2.24) is 0 Å². The Morgan fingerprint density at radius 2 is 1.40 bits per heavy atom. The third kappa shape index (κ3) is 2.24. The van der Waals surface area contributed by atoms with E-state index in [-0.39, 0.29) is 5.41 Å². The minimum atomic E-state index is -0.771. The van der Waals surface area contributed by atoms with Gasteiger partial charge in [-0.3, -0.25) is 0 Å². The van der Waals surface area contributed by atoms with Gasteiger partial charge in [0.15, 0.2) is 11.6 Å². The lowest BCUT2D eigenvalue weighted by Gasteiger charge is -2.38. The third-order valence-corrected chi connectivity index (χ3v) is 4.51. The molecule has 0 N–H and O–H groups in total. The summed E-state index contributed by atoms with van der Waals surface area (Å²) in [4.78, 5) is 0. The molecule has 1 aliphatic carbocycles. The molecular weight excluding hydrogens is 254 g/mol. The zero-order valence-electron chi connectivity index (χ0n) is 11.4. The number of benzene rings is 2. The van der Waals surface area contributed by atoms with E-state index in [4.69, 9.17) is 0 Å². The molecule has 0 aliphatic heterocycles. The summed E-state index contributed by atoms with van der Waals surface area (Å²) in [5, 5.41) is 0. The van der Waals surface area contributed by atoms with Gasteiger partial charge in [-0.15, -0.1) is 0 Å². The summed E-state index contributed by atoms with van der Waals surface area (Å²) in [6.45, 7) is 0. The van der Waals surface area contributed by atoms with E-state index in [0.29, 0.717) is 0 Å². The average Bonchev–Trinajstić information content (AvgIpc) is 2.51. The van der Waals surface area contributed by atoms with Crippen LogP contribution >= 0.6 is 0 Å². The molecule has 0 radical (unpaired) electrons. The number of hydrogen-bond donors (Lipinski definition) is 0. The standard InChI is InChI=1S/C18H18F2/c19-16-10-9-15(13-17(16)20)18(11-5-2-6-12-18)14-7-3-1-4-8-14/h1,3-4,7-10,13H,2,5-6,11-12H2. The van der Waals surface area contributed by atoms with E-state index in [1.165, 1.54) is 24.1 Å². The van der Waals surface area contributed by atoms with Crippen LogP contribution in [-0.2, 0) is 5.41 Å². The highest BCUT2D eigenvalue weighted by molar-refractivity contribution is 5.40. The van der Waals surface area contributed by atoms with Crippen LogP contribution in [-0.4, -0.2) is 0 Å². The van der Waals surface area contributed by atoms with Crippen LogP contribution in [0, 0.1) is 11.6 Å². The quantitative estimate of drug-likeness (QED) is 0.703. The SMILES string of the molecule is Fc1ccc(C2(c3ccccc3)CCCCC2)cc1F. The molecular formula is C18H18F2. The van der Waals surface area contributed by atoms with Crippen molar-refractivity contribution in [2.75, 3.05) is 0 Å². The maximum Gasteiger partial charge on any atom is 0.159 e. The number of hydrogen-bond acceptors (Lipinski definition) is 0. The molecule has 0 saturated heterocycles. The molecule has 1 saturated carbocycles. The molecule has 3 rings (SSSR count). The van der Waals surface area contributed by atoms with Crippen molar-refractivity contribution in [2.45, 2.75) is 37.5 Å². The van der Waals surface area contributed by atoms with Gasteiger partial charge < -0.3 is 0 Å². The molecule has 104 valence electrons. The van der Waals surface area contributed by atoms with Gasteiger partial charge in [0.05, 0.1) is 0 Å². The van der Waals surface area contributed by atoms with Gasteiger partial charge in [0.2, 0.25) is 0 Å². The van der Waals surface area contributed by atoms with Crippen molar-refractivity contribution in [3.8, 4) is 0 Å². The minimum absolute atomic E-state index is 0.159. The van der Waals surface area contributed by atoms with Crippen LogP contribution in [0.1, 0.15) is 43.2 Å². The normalized spacial score (nSPS) is 17.9. The smallest absolute Gasteiger partial charge is 0.159 e. The van der Waals surface area contributed by atoms with Crippen molar-refractivity contribution < 1.29 is 8.78 Å². The Balaban J connectivity index is 2.12. The summed E-state index contributed by atoms with van der Waals surface area (Å²) in [6.07, 6.45) is 5.49. The fourth-order valence-electron chi connectivity index (χ4n) is 3.45. The van der Waals surface area contributed by atoms with Crippen molar-refractivity contribution in [2.24, 2.45) is 0 Å². The molecule has 0 nitrogen and oxygen atoms in total. The monoisotopic (exact) mass is 272 g/mol. The summed E-state index contributed by atoms with van der Waals surface area (Å²) in [7, 11) is 0. The largest absolute Gasteiger partial charge is 0.204 e. The molecule has 2 aromatic carbocycles. The minimum Gasteiger partial charge on any atom is -0.204 e. The average molecular weight is 272 g/mol. The van der Waals surface area contributed by atoms with Crippen LogP contribution in [0.15, 0.2) is 48.5 Å². The Hall–Kier alpha value is -1.70. The Morgan fingerprint density at radius 3 is 2.05 bits per heavy atom. The molecule has 2 aromatic rings. The van der Waals surface area contributed by atoms with E-state index in [0.717, 1.165) is 31.2 Å². The van der Waals surface area contributed by atoms with Gasteiger partial charge in [-0.1, -0.05) is 55.7 Å². The lowest BCUT2D eigenvalue weighted by atomic mass is 9.65. The van der Waals surface area contributed by atoms with Crippen molar-refractivity contribution in [1.29, 1.82) is 0 Å². The van der Waals surface area contributed by atoms with Gasteiger partial charge in [-0.25, -0.2) is 8.78 Å². The van der Waals surface area contributed by atoms with E-state index >= 15 is 0 Å². The number of halogens is 2. The second kappa shape index (κ2) is 5.35. The van der Waals surface area contributed by atoms with Crippen LogP contribution in [0.4, 0.5) is 8.78 Å². The van der Waals surface area contributed by atoms with E-state index < -0.39 is 11.6 Å². The fraction of sp³-hybridized carbons (Fsp3) is 0.333. The van der Waals surface area contributed by atoms with Gasteiger partial charge in [-0.05, 0) is 36.1 Å². The van der Waals surface area contributed by atoms with Crippen LogP contribution in [0.3, 0.4) is 0 Å². The van der Waals surface area contributed by atoms with Gasteiger partial charge >= 0.3 is 0 Å². The zero-order chi connectivity index (χ0) is 14.0. The molecule has 0 spiro atoms. The summed E-state index contributed by atoms with van der Waals surface area (Å²) >= 11 is 0. The molecule has 20 heavy (non-hydrogen) atoms. The maximum absolute atomic E-state index is 13.6. The van der Waals surface area contributed by atoms with E-state index in [1.54, 1.807) is 6.07 Å². The van der Waals surface area contributed by atoms with E-state index in [2.05, 4.69) is 12.1 Å². The molecule has 0 atom stereocenters. The van der Waals surface area contributed by atoms with Gasteiger partial charge in [-0.2, -0.15) is 0 Å². The molecule has 1 aliphatic rings. The summed E-state index contributed by atoms with van der Waals surface area (Å²) in [6, 6.07) is 14.6. The molecule has 1 fully saturated rings. The van der Waals surface area contributed by atoms with Crippen LogP contribution < -0.4 is 0 Å². The Labute approximate surface area is 118 Å². The van der Waals surface area contributed by atoms with Gasteiger partial charge in [0.1, 0.15) is 0 Å². The summed E-state index contributed by atoms with van der Waals surface area (Å²) < 4.78 is 26.9. The van der Waals surface area contributed by atoms with Crippen molar-refractivity contribution in [3.63, 3.8) is 0 Å². The van der Waals surface area contributed by atoms with Gasteiger partial charge in [0, 0.05) is 5.41 Å². The predicted octanol–water partition coefficient (Wildman–Crippen LogP) is 5.22. The lowest BCUT2D eigenvalue weighted by Crippen LogP contribution is -2.30. The van der Waals surface area contributed by atoms with E-state index in [1.807, 2.05) is 18.2 Å². The topological polar surface area (TPSA) is 0 Å². The molecule has 0 bridgehead atoms. The fourth-order valence-corrected chi connectivity index (χ4v) is 3.45. The zero-order valence-corrected chi connectivity index (χ0v) is 11.4.